The molecule has 2 unspecified atom stereocenters. The second kappa shape index (κ2) is 7.95. The summed E-state index contributed by atoms with van der Waals surface area (Å²) in [5, 5.41) is 6.43. The zero-order valence-corrected chi connectivity index (χ0v) is 15.5. The van der Waals surface area contributed by atoms with Crippen molar-refractivity contribution in [1.29, 1.82) is 0 Å². The lowest BCUT2D eigenvalue weighted by atomic mass is 9.89. The van der Waals surface area contributed by atoms with E-state index >= 15 is 0 Å². The summed E-state index contributed by atoms with van der Waals surface area (Å²) in [6.07, 6.45) is 4.90. The molecule has 2 aliphatic heterocycles. The summed E-state index contributed by atoms with van der Waals surface area (Å²) < 4.78 is 15.3. The molecule has 0 aromatic heterocycles. The smallest absolute Gasteiger partial charge is 0.340 e. The van der Waals surface area contributed by atoms with Crippen LogP contribution in [0.1, 0.15) is 42.5 Å². The summed E-state index contributed by atoms with van der Waals surface area (Å²) in [5.74, 6) is 0.571. The number of carbonyl (C=O) groups is 2. The second-order valence-corrected chi connectivity index (χ2v) is 6.97. The van der Waals surface area contributed by atoms with Crippen molar-refractivity contribution in [3.63, 3.8) is 0 Å². The van der Waals surface area contributed by atoms with Gasteiger partial charge in [-0.2, -0.15) is 0 Å². The minimum Gasteiger partial charge on any atom is -0.493 e. The Kier molecular flexibility index (Phi) is 5.66. The molecule has 1 aromatic rings. The van der Waals surface area contributed by atoms with Crippen LogP contribution in [0.2, 0.25) is 0 Å². The van der Waals surface area contributed by atoms with Gasteiger partial charge in [0.05, 0.1) is 32.6 Å². The van der Waals surface area contributed by atoms with Crippen LogP contribution in [0.15, 0.2) is 12.1 Å². The van der Waals surface area contributed by atoms with Gasteiger partial charge in [-0.25, -0.2) is 4.79 Å². The first kappa shape index (κ1) is 18.5. The van der Waals surface area contributed by atoms with E-state index in [1.165, 1.54) is 40.2 Å². The summed E-state index contributed by atoms with van der Waals surface area (Å²) in [6.45, 7) is 0. The molecule has 2 heterocycles. The molecule has 0 spiro atoms. The van der Waals surface area contributed by atoms with E-state index in [2.05, 4.69) is 10.6 Å². The van der Waals surface area contributed by atoms with Gasteiger partial charge >= 0.3 is 5.97 Å². The molecule has 2 aliphatic rings. The van der Waals surface area contributed by atoms with Crippen molar-refractivity contribution in [2.45, 2.75) is 44.2 Å². The van der Waals surface area contributed by atoms with Gasteiger partial charge in [-0.05, 0) is 31.6 Å². The number of piperidine rings is 1. The van der Waals surface area contributed by atoms with E-state index in [4.69, 9.17) is 14.2 Å². The van der Waals surface area contributed by atoms with Crippen LogP contribution in [0.4, 0.5) is 5.69 Å². The standard InChI is InChI=1S/C19H26N2O5/c1-24-16-9-14(19(23)26-3)15(10-17(16)25-2)21-18(22)8-11-6-12-4-5-13(7-11)20-12/h9-13,20H,4-8H2,1-3H3,(H,21,22). The molecule has 0 radical (unpaired) electrons. The van der Waals surface area contributed by atoms with Crippen molar-refractivity contribution in [3.05, 3.63) is 17.7 Å². The number of ether oxygens (including phenoxy) is 3. The molecule has 0 aliphatic carbocycles. The molecule has 26 heavy (non-hydrogen) atoms. The van der Waals surface area contributed by atoms with E-state index in [0.717, 1.165) is 12.8 Å². The molecule has 2 fully saturated rings. The molecule has 7 nitrogen and oxygen atoms in total. The van der Waals surface area contributed by atoms with Crippen LogP contribution in [0, 0.1) is 5.92 Å². The van der Waals surface area contributed by atoms with Gasteiger partial charge in [0.15, 0.2) is 11.5 Å². The summed E-state index contributed by atoms with van der Waals surface area (Å²) in [4.78, 5) is 24.7. The molecule has 2 atom stereocenters. The van der Waals surface area contributed by atoms with E-state index in [0.29, 0.717) is 41.6 Å². The third kappa shape index (κ3) is 3.93. The highest BCUT2D eigenvalue weighted by Crippen LogP contribution is 2.35. The lowest BCUT2D eigenvalue weighted by molar-refractivity contribution is -0.117. The number of fused-ring (bicyclic) bond motifs is 2. The summed E-state index contributed by atoms with van der Waals surface area (Å²) >= 11 is 0. The maximum atomic E-state index is 12.6. The fraction of sp³-hybridized carbons (Fsp3) is 0.579. The van der Waals surface area contributed by atoms with E-state index < -0.39 is 5.97 Å². The van der Waals surface area contributed by atoms with Gasteiger partial charge in [0.25, 0.3) is 0 Å². The third-order valence-corrected chi connectivity index (χ3v) is 5.25. The topological polar surface area (TPSA) is 85.9 Å². The number of hydrogen-bond acceptors (Lipinski definition) is 6. The monoisotopic (exact) mass is 362 g/mol. The van der Waals surface area contributed by atoms with E-state index in [9.17, 15) is 9.59 Å². The van der Waals surface area contributed by atoms with Crippen molar-refractivity contribution in [3.8, 4) is 11.5 Å². The second-order valence-electron chi connectivity index (χ2n) is 6.97. The SMILES string of the molecule is COC(=O)c1cc(OC)c(OC)cc1NC(=O)CC1CC2CCC(C1)N2. The number of amides is 1. The first-order valence-electron chi connectivity index (χ1n) is 8.94. The Bertz CT molecular complexity index is 679. The lowest BCUT2D eigenvalue weighted by Crippen LogP contribution is -2.39. The molecule has 3 rings (SSSR count). The van der Waals surface area contributed by atoms with E-state index in [1.54, 1.807) is 6.07 Å². The van der Waals surface area contributed by atoms with Crippen molar-refractivity contribution >= 4 is 17.6 Å². The molecule has 142 valence electrons. The molecular formula is C19H26N2O5. The molecule has 7 heteroatoms. The summed E-state index contributed by atoms with van der Waals surface area (Å²) in [7, 11) is 4.30. The molecule has 1 amide bonds. The first-order valence-corrected chi connectivity index (χ1v) is 8.94. The third-order valence-electron chi connectivity index (χ3n) is 5.25. The molecule has 0 saturated carbocycles. The summed E-state index contributed by atoms with van der Waals surface area (Å²) in [6, 6.07) is 4.19. The van der Waals surface area contributed by atoms with Crippen LogP contribution in [0.25, 0.3) is 0 Å². The van der Waals surface area contributed by atoms with Gasteiger partial charge in [-0.15, -0.1) is 0 Å². The normalized spacial score (nSPS) is 24.0. The Morgan fingerprint density at radius 3 is 2.27 bits per heavy atom. The average Bonchev–Trinajstić information content (AvgIpc) is 2.98. The number of carbonyl (C=O) groups excluding carboxylic acids is 2. The van der Waals surface area contributed by atoms with Crippen LogP contribution in [-0.2, 0) is 9.53 Å². The Balaban J connectivity index is 1.74. The molecular weight excluding hydrogens is 336 g/mol. The number of benzene rings is 1. The molecule has 2 N–H and O–H groups in total. The van der Waals surface area contributed by atoms with Crippen molar-refractivity contribution in [2.24, 2.45) is 5.92 Å². The van der Waals surface area contributed by atoms with Crippen LogP contribution >= 0.6 is 0 Å². The zero-order chi connectivity index (χ0) is 18.7. The fourth-order valence-electron chi connectivity index (χ4n) is 4.07. The van der Waals surface area contributed by atoms with Crippen LogP contribution < -0.4 is 20.1 Å². The largest absolute Gasteiger partial charge is 0.493 e. The predicted molar refractivity (Wildman–Crippen MR) is 96.8 cm³/mol. The number of anilines is 1. The van der Waals surface area contributed by atoms with E-state index in [-0.39, 0.29) is 11.5 Å². The van der Waals surface area contributed by atoms with Crippen LogP contribution in [0.3, 0.4) is 0 Å². The number of methoxy groups -OCH3 is 3. The maximum absolute atomic E-state index is 12.6. The Morgan fingerprint density at radius 2 is 1.69 bits per heavy atom. The first-order chi connectivity index (χ1) is 12.5. The minimum absolute atomic E-state index is 0.103. The Hall–Kier alpha value is -2.28. The average molecular weight is 362 g/mol. The van der Waals surface area contributed by atoms with Crippen molar-refractivity contribution < 1.29 is 23.8 Å². The number of nitrogens with one attached hydrogen (secondary N) is 2. The molecule has 2 bridgehead atoms. The van der Waals surface area contributed by atoms with Gasteiger partial charge in [0, 0.05) is 30.6 Å². The molecule has 2 saturated heterocycles. The lowest BCUT2D eigenvalue weighted by Gasteiger charge is -2.28. The fourth-order valence-corrected chi connectivity index (χ4v) is 4.07. The van der Waals surface area contributed by atoms with Gasteiger partial charge in [0.1, 0.15) is 0 Å². The highest BCUT2D eigenvalue weighted by Gasteiger charge is 2.34. The quantitative estimate of drug-likeness (QED) is 0.756. The Labute approximate surface area is 153 Å². The van der Waals surface area contributed by atoms with Gasteiger partial charge in [-0.3, -0.25) is 4.79 Å². The van der Waals surface area contributed by atoms with E-state index in [1.807, 2.05) is 0 Å². The zero-order valence-electron chi connectivity index (χ0n) is 15.5. The van der Waals surface area contributed by atoms with Gasteiger partial charge < -0.3 is 24.8 Å². The minimum atomic E-state index is -0.541. The van der Waals surface area contributed by atoms with Crippen LogP contribution in [-0.4, -0.2) is 45.3 Å². The Morgan fingerprint density at radius 1 is 1.08 bits per heavy atom. The number of hydrogen-bond donors (Lipinski definition) is 2. The van der Waals surface area contributed by atoms with Crippen LogP contribution in [0.5, 0.6) is 11.5 Å². The maximum Gasteiger partial charge on any atom is 0.340 e. The predicted octanol–water partition coefficient (Wildman–Crippen LogP) is 2.35. The highest BCUT2D eigenvalue weighted by atomic mass is 16.5. The van der Waals surface area contributed by atoms with Crippen molar-refractivity contribution in [2.75, 3.05) is 26.6 Å². The summed E-state index contributed by atoms with van der Waals surface area (Å²) in [5.41, 5.74) is 0.611. The highest BCUT2D eigenvalue weighted by molar-refractivity contribution is 6.02. The van der Waals surface area contributed by atoms with Gasteiger partial charge in [-0.1, -0.05) is 0 Å². The van der Waals surface area contributed by atoms with Crippen molar-refractivity contribution in [1.82, 2.24) is 5.32 Å². The van der Waals surface area contributed by atoms with Gasteiger partial charge in [0.2, 0.25) is 5.91 Å². The number of esters is 1. The molecule has 1 aromatic carbocycles. The number of rotatable bonds is 6.